The van der Waals surface area contributed by atoms with Crippen molar-refractivity contribution in [3.05, 3.63) is 51.5 Å². The molecule has 20 heavy (non-hydrogen) atoms. The van der Waals surface area contributed by atoms with Crippen LogP contribution in [0.2, 0.25) is 5.02 Å². The Morgan fingerprint density at radius 3 is 2.75 bits per heavy atom. The smallest absolute Gasteiger partial charge is 0.142 e. The zero-order valence-electron chi connectivity index (χ0n) is 10.6. The number of nitriles is 1. The van der Waals surface area contributed by atoms with Crippen molar-refractivity contribution in [2.45, 2.75) is 0 Å². The topological polar surface area (TPSA) is 41.6 Å². The minimum atomic E-state index is 0.565. The first-order valence-electron chi connectivity index (χ1n) is 5.93. The first-order chi connectivity index (χ1) is 9.63. The van der Waals surface area contributed by atoms with Gasteiger partial charge in [0.15, 0.2) is 0 Å². The van der Waals surface area contributed by atoms with Crippen LogP contribution in [-0.2, 0) is 7.05 Å². The van der Waals surface area contributed by atoms with Gasteiger partial charge in [-0.25, -0.2) is 4.98 Å². The Morgan fingerprint density at radius 2 is 2.00 bits per heavy atom. The molecular formula is C15H9BrClN3. The van der Waals surface area contributed by atoms with E-state index in [4.69, 9.17) is 11.6 Å². The molecule has 3 rings (SSSR count). The second kappa shape index (κ2) is 4.93. The highest BCUT2D eigenvalue weighted by molar-refractivity contribution is 9.10. The number of imidazole rings is 1. The Balaban J connectivity index is 2.36. The highest BCUT2D eigenvalue weighted by Crippen LogP contribution is 2.34. The maximum Gasteiger partial charge on any atom is 0.142 e. The lowest BCUT2D eigenvalue weighted by Gasteiger charge is -2.06. The molecule has 0 spiro atoms. The lowest BCUT2D eigenvalue weighted by Crippen LogP contribution is -1.93. The van der Waals surface area contributed by atoms with E-state index in [0.29, 0.717) is 16.1 Å². The summed E-state index contributed by atoms with van der Waals surface area (Å²) in [6, 6.07) is 13.4. The molecule has 0 radical (unpaired) electrons. The average Bonchev–Trinajstić information content (AvgIpc) is 2.79. The summed E-state index contributed by atoms with van der Waals surface area (Å²) in [6.07, 6.45) is 0. The molecule has 0 atom stereocenters. The van der Waals surface area contributed by atoms with Crippen LogP contribution in [0.3, 0.4) is 0 Å². The molecule has 0 N–H and O–H groups in total. The molecule has 0 amide bonds. The summed E-state index contributed by atoms with van der Waals surface area (Å²) in [6.45, 7) is 0. The Morgan fingerprint density at radius 1 is 1.25 bits per heavy atom. The predicted octanol–water partition coefficient (Wildman–Crippen LogP) is 4.53. The second-order valence-corrected chi connectivity index (χ2v) is 5.61. The van der Waals surface area contributed by atoms with Crippen LogP contribution in [0.5, 0.6) is 0 Å². The molecular weight excluding hydrogens is 338 g/mol. The highest BCUT2D eigenvalue weighted by atomic mass is 79.9. The average molecular weight is 347 g/mol. The van der Waals surface area contributed by atoms with Crippen molar-refractivity contribution in [3.8, 4) is 17.5 Å². The number of aryl methyl sites for hydroxylation is 1. The number of halogens is 2. The summed E-state index contributed by atoms with van der Waals surface area (Å²) >= 11 is 9.75. The van der Waals surface area contributed by atoms with Gasteiger partial charge >= 0.3 is 0 Å². The Bertz CT molecular complexity index is 861. The van der Waals surface area contributed by atoms with Crippen LogP contribution < -0.4 is 0 Å². The van der Waals surface area contributed by atoms with Crippen molar-refractivity contribution in [1.29, 1.82) is 5.26 Å². The molecule has 0 saturated heterocycles. The molecule has 0 aliphatic carbocycles. The molecule has 0 fully saturated rings. The molecule has 0 aliphatic heterocycles. The van der Waals surface area contributed by atoms with Gasteiger partial charge in [0.2, 0.25) is 0 Å². The van der Waals surface area contributed by atoms with E-state index in [-0.39, 0.29) is 0 Å². The number of benzene rings is 2. The summed E-state index contributed by atoms with van der Waals surface area (Å²) in [5.41, 5.74) is 3.01. The zero-order chi connectivity index (χ0) is 14.3. The standard InChI is InChI=1S/C15H9BrClN3/c1-20-12-7-2-4-9(8-18)14(12)19-15(20)10-5-3-6-11(16)13(10)17/h2-7H,1H3. The second-order valence-electron chi connectivity index (χ2n) is 4.38. The van der Waals surface area contributed by atoms with E-state index < -0.39 is 0 Å². The Hall–Kier alpha value is -1.83. The number of nitrogens with zero attached hydrogens (tertiary/aromatic N) is 3. The maximum atomic E-state index is 9.17. The number of aromatic nitrogens is 2. The molecule has 0 aliphatic rings. The van der Waals surface area contributed by atoms with Crippen LogP contribution in [-0.4, -0.2) is 9.55 Å². The normalized spacial score (nSPS) is 10.7. The number of para-hydroxylation sites is 1. The van der Waals surface area contributed by atoms with Crippen LogP contribution >= 0.6 is 27.5 Å². The van der Waals surface area contributed by atoms with Crippen LogP contribution in [0.4, 0.5) is 0 Å². The Kier molecular flexibility index (Phi) is 3.25. The molecule has 0 unspecified atom stereocenters. The van der Waals surface area contributed by atoms with Gasteiger partial charge < -0.3 is 4.57 Å². The molecule has 98 valence electrons. The van der Waals surface area contributed by atoms with Crippen molar-refractivity contribution in [2.24, 2.45) is 7.05 Å². The van der Waals surface area contributed by atoms with Crippen LogP contribution in [0.15, 0.2) is 40.9 Å². The SMILES string of the molecule is Cn1c(-c2cccc(Br)c2Cl)nc2c(C#N)cccc21. The van der Waals surface area contributed by atoms with E-state index in [0.717, 1.165) is 21.4 Å². The number of hydrogen-bond acceptors (Lipinski definition) is 2. The predicted molar refractivity (Wildman–Crippen MR) is 83.6 cm³/mol. The number of hydrogen-bond donors (Lipinski definition) is 0. The molecule has 1 heterocycles. The summed E-state index contributed by atoms with van der Waals surface area (Å²) in [4.78, 5) is 4.59. The molecule has 5 heteroatoms. The summed E-state index contributed by atoms with van der Waals surface area (Å²) in [5.74, 6) is 0.744. The monoisotopic (exact) mass is 345 g/mol. The van der Waals surface area contributed by atoms with E-state index >= 15 is 0 Å². The van der Waals surface area contributed by atoms with Gasteiger partial charge in [-0.3, -0.25) is 0 Å². The third kappa shape index (κ3) is 1.91. The summed E-state index contributed by atoms with van der Waals surface area (Å²) in [5, 5.41) is 9.79. The van der Waals surface area contributed by atoms with Gasteiger partial charge in [-0.15, -0.1) is 0 Å². The van der Waals surface area contributed by atoms with E-state index in [1.54, 1.807) is 6.07 Å². The third-order valence-corrected chi connectivity index (χ3v) is 4.52. The minimum absolute atomic E-state index is 0.565. The van der Waals surface area contributed by atoms with Crippen LogP contribution in [0.1, 0.15) is 5.56 Å². The number of fused-ring (bicyclic) bond motifs is 1. The zero-order valence-corrected chi connectivity index (χ0v) is 12.9. The van der Waals surface area contributed by atoms with Gasteiger partial charge in [0.1, 0.15) is 17.4 Å². The fraction of sp³-hybridized carbons (Fsp3) is 0.0667. The maximum absolute atomic E-state index is 9.17. The fourth-order valence-corrected chi connectivity index (χ4v) is 2.80. The van der Waals surface area contributed by atoms with Crippen molar-refractivity contribution < 1.29 is 0 Å². The molecule has 3 nitrogen and oxygen atoms in total. The van der Waals surface area contributed by atoms with E-state index in [1.807, 2.05) is 41.9 Å². The molecule has 3 aromatic rings. The van der Waals surface area contributed by atoms with Crippen molar-refractivity contribution in [1.82, 2.24) is 9.55 Å². The largest absolute Gasteiger partial charge is 0.327 e. The van der Waals surface area contributed by atoms with E-state index in [1.165, 1.54) is 0 Å². The quantitative estimate of drug-likeness (QED) is 0.649. The molecule has 2 aromatic carbocycles. The van der Waals surface area contributed by atoms with Crippen molar-refractivity contribution in [2.75, 3.05) is 0 Å². The highest BCUT2D eigenvalue weighted by Gasteiger charge is 2.15. The van der Waals surface area contributed by atoms with Crippen LogP contribution in [0, 0.1) is 11.3 Å². The van der Waals surface area contributed by atoms with Crippen LogP contribution in [0.25, 0.3) is 22.4 Å². The van der Waals surface area contributed by atoms with E-state index in [9.17, 15) is 5.26 Å². The van der Waals surface area contributed by atoms with Gasteiger partial charge in [-0.1, -0.05) is 23.7 Å². The lowest BCUT2D eigenvalue weighted by atomic mass is 10.2. The fourth-order valence-electron chi connectivity index (χ4n) is 2.22. The minimum Gasteiger partial charge on any atom is -0.327 e. The first kappa shape index (κ1) is 13.2. The first-order valence-corrected chi connectivity index (χ1v) is 7.10. The number of rotatable bonds is 1. The van der Waals surface area contributed by atoms with Gasteiger partial charge in [-0.05, 0) is 40.2 Å². The van der Waals surface area contributed by atoms with Gasteiger partial charge in [0, 0.05) is 17.1 Å². The molecule has 0 saturated carbocycles. The lowest BCUT2D eigenvalue weighted by molar-refractivity contribution is 0.959. The third-order valence-electron chi connectivity index (χ3n) is 3.22. The van der Waals surface area contributed by atoms with Gasteiger partial charge in [-0.2, -0.15) is 5.26 Å². The van der Waals surface area contributed by atoms with Crippen molar-refractivity contribution in [3.63, 3.8) is 0 Å². The van der Waals surface area contributed by atoms with Crippen molar-refractivity contribution >= 4 is 38.6 Å². The Labute approximate surface area is 129 Å². The summed E-state index contributed by atoms with van der Waals surface area (Å²) < 4.78 is 2.77. The molecule has 1 aromatic heterocycles. The van der Waals surface area contributed by atoms with Gasteiger partial charge in [0.25, 0.3) is 0 Å². The summed E-state index contributed by atoms with van der Waals surface area (Å²) in [7, 11) is 1.92. The van der Waals surface area contributed by atoms with E-state index in [2.05, 4.69) is 27.0 Å². The molecule has 0 bridgehead atoms. The van der Waals surface area contributed by atoms with Gasteiger partial charge in [0.05, 0.1) is 16.1 Å².